The summed E-state index contributed by atoms with van der Waals surface area (Å²) in [6.45, 7) is 4.96. The zero-order chi connectivity index (χ0) is 15.8. The summed E-state index contributed by atoms with van der Waals surface area (Å²) in [6, 6.07) is 0.782. The third-order valence-electron chi connectivity index (χ3n) is 4.23. The van der Waals surface area contributed by atoms with E-state index in [-0.39, 0.29) is 24.0 Å². The number of aryl methyl sites for hydroxylation is 1. The third kappa shape index (κ3) is 7.34. The van der Waals surface area contributed by atoms with Gasteiger partial charge in [0.2, 0.25) is 0 Å². The molecule has 7 heteroatoms. The minimum Gasteiger partial charge on any atom is -0.356 e. The lowest BCUT2D eigenvalue weighted by Gasteiger charge is -2.24. The zero-order valence-electron chi connectivity index (χ0n) is 14.5. The number of nitrogens with zero attached hydrogens (tertiary/aromatic N) is 3. The molecule has 1 aromatic heterocycles. The van der Waals surface area contributed by atoms with Crippen molar-refractivity contribution < 1.29 is 0 Å². The predicted molar refractivity (Wildman–Crippen MR) is 110 cm³/mol. The van der Waals surface area contributed by atoms with E-state index in [1.54, 1.807) is 11.3 Å². The van der Waals surface area contributed by atoms with Gasteiger partial charge in [-0.25, -0.2) is 4.98 Å². The second-order valence-electron chi connectivity index (χ2n) is 5.96. The van der Waals surface area contributed by atoms with Gasteiger partial charge in [0.25, 0.3) is 0 Å². The molecule has 1 aromatic rings. The largest absolute Gasteiger partial charge is 0.356 e. The van der Waals surface area contributed by atoms with Gasteiger partial charge in [-0.15, -0.1) is 35.3 Å². The molecule has 0 atom stereocenters. The summed E-state index contributed by atoms with van der Waals surface area (Å²) in [5, 5.41) is 7.93. The van der Waals surface area contributed by atoms with Crippen LogP contribution in [0.25, 0.3) is 0 Å². The van der Waals surface area contributed by atoms with Crippen LogP contribution in [0.4, 0.5) is 0 Å². The molecular weight excluding hydrogens is 421 g/mol. The van der Waals surface area contributed by atoms with Crippen LogP contribution in [0.3, 0.4) is 0 Å². The number of thiazole rings is 1. The lowest BCUT2D eigenvalue weighted by Crippen LogP contribution is -2.43. The molecule has 0 aromatic carbocycles. The van der Waals surface area contributed by atoms with E-state index in [1.165, 1.54) is 35.6 Å². The normalized spacial score (nSPS) is 15.7. The summed E-state index contributed by atoms with van der Waals surface area (Å²) >= 11 is 1.76. The lowest BCUT2D eigenvalue weighted by molar-refractivity contribution is 0.249. The van der Waals surface area contributed by atoms with Crippen LogP contribution in [-0.2, 0) is 6.42 Å². The minimum atomic E-state index is 0. The first-order chi connectivity index (χ1) is 10.7. The fraction of sp³-hybridized carbons (Fsp3) is 0.750. The minimum absolute atomic E-state index is 0. The summed E-state index contributed by atoms with van der Waals surface area (Å²) < 4.78 is 0. The molecule has 0 spiro atoms. The molecule has 0 bridgehead atoms. The number of hydrogen-bond donors (Lipinski definition) is 2. The maximum absolute atomic E-state index is 4.38. The molecule has 132 valence electrons. The fourth-order valence-corrected chi connectivity index (χ4v) is 3.69. The predicted octanol–water partition coefficient (Wildman–Crippen LogP) is 2.65. The monoisotopic (exact) mass is 451 g/mol. The molecule has 0 saturated heterocycles. The van der Waals surface area contributed by atoms with Gasteiger partial charge < -0.3 is 15.5 Å². The van der Waals surface area contributed by atoms with Crippen molar-refractivity contribution in [1.82, 2.24) is 20.5 Å². The molecule has 2 N–H and O–H groups in total. The summed E-state index contributed by atoms with van der Waals surface area (Å²) in [5.74, 6) is 0.882. The van der Waals surface area contributed by atoms with Gasteiger partial charge in [0, 0.05) is 50.2 Å². The van der Waals surface area contributed by atoms with E-state index in [4.69, 9.17) is 0 Å². The van der Waals surface area contributed by atoms with Gasteiger partial charge in [-0.05, 0) is 26.8 Å². The molecule has 2 rings (SSSR count). The first-order valence-electron chi connectivity index (χ1n) is 8.25. The van der Waals surface area contributed by atoms with Gasteiger partial charge in [-0.2, -0.15) is 0 Å². The maximum Gasteiger partial charge on any atom is 0.191 e. The Labute approximate surface area is 161 Å². The number of rotatable bonds is 7. The molecule has 5 nitrogen and oxygen atoms in total. The highest BCUT2D eigenvalue weighted by Crippen LogP contribution is 2.21. The second kappa shape index (κ2) is 11.2. The van der Waals surface area contributed by atoms with E-state index < -0.39 is 0 Å². The Morgan fingerprint density at radius 1 is 1.35 bits per heavy atom. The molecular formula is C16H30IN5S. The van der Waals surface area contributed by atoms with E-state index in [9.17, 15) is 0 Å². The highest BCUT2D eigenvalue weighted by atomic mass is 127. The number of halogens is 1. The van der Waals surface area contributed by atoms with Crippen molar-refractivity contribution in [1.29, 1.82) is 0 Å². The molecule has 0 amide bonds. The van der Waals surface area contributed by atoms with Crippen LogP contribution < -0.4 is 10.6 Å². The van der Waals surface area contributed by atoms with Crippen molar-refractivity contribution in [2.24, 2.45) is 4.99 Å². The number of likely N-dealkylation sites (N-methyl/N-ethyl adjacent to an activating group) is 1. The third-order valence-corrected chi connectivity index (χ3v) is 5.20. The van der Waals surface area contributed by atoms with Crippen molar-refractivity contribution >= 4 is 41.3 Å². The van der Waals surface area contributed by atoms with Gasteiger partial charge in [0.05, 0.1) is 5.01 Å². The Hall–Kier alpha value is -0.410. The summed E-state index contributed by atoms with van der Waals surface area (Å²) in [6.07, 6.45) is 8.38. The van der Waals surface area contributed by atoms with Crippen LogP contribution in [0.2, 0.25) is 0 Å². The van der Waals surface area contributed by atoms with Crippen LogP contribution in [0.5, 0.6) is 0 Å². The highest BCUT2D eigenvalue weighted by Gasteiger charge is 2.18. The number of aliphatic imine (C=N–C) groups is 1. The van der Waals surface area contributed by atoms with E-state index in [0.29, 0.717) is 0 Å². The Bertz CT molecular complexity index is 471. The Morgan fingerprint density at radius 2 is 2.04 bits per heavy atom. The van der Waals surface area contributed by atoms with E-state index >= 15 is 0 Å². The molecule has 1 saturated carbocycles. The first kappa shape index (κ1) is 20.6. The van der Waals surface area contributed by atoms with Gasteiger partial charge in [0.15, 0.2) is 5.96 Å². The second-order valence-corrected chi connectivity index (χ2v) is 7.28. The number of hydrogen-bond acceptors (Lipinski definition) is 4. The van der Waals surface area contributed by atoms with Crippen molar-refractivity contribution in [3.8, 4) is 0 Å². The zero-order valence-corrected chi connectivity index (χ0v) is 17.6. The van der Waals surface area contributed by atoms with Crippen molar-refractivity contribution in [3.05, 3.63) is 16.1 Å². The molecule has 1 aliphatic carbocycles. The van der Waals surface area contributed by atoms with Gasteiger partial charge in [0.1, 0.15) is 0 Å². The molecule has 1 heterocycles. The SMILES string of the molecule is CN=C(NCCc1ncc(C)s1)NCCN(C)C1CCCC1.I. The quantitative estimate of drug-likeness (QED) is 0.380. The Morgan fingerprint density at radius 3 is 2.65 bits per heavy atom. The average molecular weight is 451 g/mol. The molecule has 0 unspecified atom stereocenters. The van der Waals surface area contributed by atoms with Gasteiger partial charge in [-0.3, -0.25) is 4.99 Å². The Kier molecular flexibility index (Phi) is 10.0. The van der Waals surface area contributed by atoms with Crippen LogP contribution in [0, 0.1) is 6.92 Å². The molecule has 23 heavy (non-hydrogen) atoms. The Balaban J connectivity index is 0.00000264. The summed E-state index contributed by atoms with van der Waals surface area (Å²) in [4.78, 5) is 12.4. The van der Waals surface area contributed by atoms with E-state index in [0.717, 1.165) is 38.1 Å². The lowest BCUT2D eigenvalue weighted by atomic mass is 10.2. The van der Waals surface area contributed by atoms with Crippen LogP contribution in [0.15, 0.2) is 11.2 Å². The summed E-state index contributed by atoms with van der Waals surface area (Å²) in [5.41, 5.74) is 0. The maximum atomic E-state index is 4.38. The van der Waals surface area contributed by atoms with Crippen molar-refractivity contribution in [2.75, 3.05) is 33.7 Å². The number of aromatic nitrogens is 1. The van der Waals surface area contributed by atoms with Crippen molar-refractivity contribution in [2.45, 2.75) is 45.1 Å². The molecule has 0 aliphatic heterocycles. The standard InChI is InChI=1S/C16H29N5S.HI/c1-13-12-20-15(22-13)8-9-18-16(17-2)19-10-11-21(3)14-6-4-5-7-14;/h12,14H,4-11H2,1-3H3,(H2,17,18,19);1H. The highest BCUT2D eigenvalue weighted by molar-refractivity contribution is 14.0. The first-order valence-corrected chi connectivity index (χ1v) is 9.06. The van der Waals surface area contributed by atoms with Gasteiger partial charge >= 0.3 is 0 Å². The van der Waals surface area contributed by atoms with Crippen LogP contribution >= 0.6 is 35.3 Å². The van der Waals surface area contributed by atoms with E-state index in [2.05, 4.69) is 39.5 Å². The number of guanidine groups is 1. The smallest absolute Gasteiger partial charge is 0.191 e. The average Bonchev–Trinajstić information content (AvgIpc) is 3.17. The van der Waals surface area contributed by atoms with Crippen LogP contribution in [0.1, 0.15) is 35.6 Å². The fourth-order valence-electron chi connectivity index (χ4n) is 2.90. The molecule has 1 aliphatic rings. The van der Waals surface area contributed by atoms with Crippen LogP contribution in [-0.4, -0.2) is 55.6 Å². The van der Waals surface area contributed by atoms with Crippen molar-refractivity contribution in [3.63, 3.8) is 0 Å². The van der Waals surface area contributed by atoms with Gasteiger partial charge in [-0.1, -0.05) is 12.8 Å². The van der Waals surface area contributed by atoms with E-state index in [1.807, 2.05) is 13.2 Å². The summed E-state index contributed by atoms with van der Waals surface area (Å²) in [7, 11) is 4.06. The topological polar surface area (TPSA) is 52.6 Å². The number of nitrogens with one attached hydrogen (secondary N) is 2. The molecule has 0 radical (unpaired) electrons. The molecule has 1 fully saturated rings.